The van der Waals surface area contributed by atoms with Gasteiger partial charge in [0.1, 0.15) is 6.54 Å². The Labute approximate surface area is 170 Å². The highest BCUT2D eigenvalue weighted by Crippen LogP contribution is 2.32. The normalized spacial score (nSPS) is 13.4. The smallest absolute Gasteiger partial charge is 0.325 e. The fourth-order valence-corrected chi connectivity index (χ4v) is 4.06. The number of esters is 1. The maximum absolute atomic E-state index is 12.4. The van der Waals surface area contributed by atoms with E-state index in [0.29, 0.717) is 16.3 Å². The molecular weight excluding hydrogens is 392 g/mol. The molecule has 1 aliphatic rings. The number of benzene rings is 2. The van der Waals surface area contributed by atoms with Crippen LogP contribution in [0.15, 0.2) is 47.5 Å². The summed E-state index contributed by atoms with van der Waals surface area (Å²) in [6.07, 6.45) is 3.05. The number of fused-ring (bicyclic) bond motifs is 2. The number of amides is 1. The van der Waals surface area contributed by atoms with E-state index in [1.165, 1.54) is 24.5 Å². The zero-order chi connectivity index (χ0) is 20.4. The van der Waals surface area contributed by atoms with E-state index in [9.17, 15) is 9.59 Å². The lowest BCUT2D eigenvalue weighted by Gasteiger charge is -2.03. The van der Waals surface area contributed by atoms with Crippen molar-refractivity contribution in [2.24, 2.45) is 4.99 Å². The fourth-order valence-electron chi connectivity index (χ4n) is 2.93. The van der Waals surface area contributed by atoms with Crippen molar-refractivity contribution in [1.29, 1.82) is 0 Å². The molecule has 0 saturated heterocycles. The number of hydrogen-bond donors (Lipinski definition) is 0. The summed E-state index contributed by atoms with van der Waals surface area (Å²) in [4.78, 5) is 28.9. The average Bonchev–Trinajstić information content (AvgIpc) is 3.30. The largest absolute Gasteiger partial charge is 0.468 e. The van der Waals surface area contributed by atoms with Gasteiger partial charge in [-0.15, -0.1) is 0 Å². The number of methoxy groups -OCH3 is 1. The second-order valence-corrected chi connectivity index (χ2v) is 7.42. The van der Waals surface area contributed by atoms with Crippen LogP contribution >= 0.6 is 11.3 Å². The van der Waals surface area contributed by atoms with Crippen molar-refractivity contribution in [3.8, 4) is 11.5 Å². The Morgan fingerprint density at radius 3 is 2.86 bits per heavy atom. The quantitative estimate of drug-likeness (QED) is 0.488. The molecule has 0 saturated carbocycles. The monoisotopic (exact) mass is 410 g/mol. The van der Waals surface area contributed by atoms with E-state index in [2.05, 4.69) is 4.99 Å². The molecule has 0 atom stereocenters. The van der Waals surface area contributed by atoms with Gasteiger partial charge in [0.25, 0.3) is 5.91 Å². The van der Waals surface area contributed by atoms with Gasteiger partial charge in [-0.2, -0.15) is 4.99 Å². The number of aromatic nitrogens is 1. The fraction of sp³-hybridized carbons (Fsp3) is 0.190. The molecule has 7 nitrogen and oxygen atoms in total. The van der Waals surface area contributed by atoms with Crippen LogP contribution in [0.25, 0.3) is 16.3 Å². The highest BCUT2D eigenvalue weighted by Gasteiger charge is 2.13. The number of carbonyl (C=O) groups is 2. The maximum Gasteiger partial charge on any atom is 0.325 e. The highest BCUT2D eigenvalue weighted by atomic mass is 32.1. The molecular formula is C21H18N2O5S. The molecule has 2 aromatic carbocycles. The van der Waals surface area contributed by atoms with Crippen LogP contribution in [0, 0.1) is 6.92 Å². The third-order valence-corrected chi connectivity index (χ3v) is 5.42. The molecule has 3 aromatic rings. The summed E-state index contributed by atoms with van der Waals surface area (Å²) in [5.74, 6) is 0.495. The lowest BCUT2D eigenvalue weighted by atomic mass is 10.2. The molecule has 0 N–H and O–H groups in total. The average molecular weight is 410 g/mol. The van der Waals surface area contributed by atoms with Crippen molar-refractivity contribution < 1.29 is 23.8 Å². The van der Waals surface area contributed by atoms with Crippen LogP contribution in [-0.2, 0) is 20.9 Å². The number of carbonyl (C=O) groups excluding carboxylic acids is 2. The predicted octanol–water partition coefficient (Wildman–Crippen LogP) is 3.05. The van der Waals surface area contributed by atoms with Crippen LogP contribution in [0.3, 0.4) is 0 Å². The zero-order valence-electron chi connectivity index (χ0n) is 15.9. The van der Waals surface area contributed by atoms with Gasteiger partial charge < -0.3 is 18.8 Å². The van der Waals surface area contributed by atoms with E-state index >= 15 is 0 Å². The molecule has 148 valence electrons. The minimum atomic E-state index is -0.426. The number of nitrogens with zero attached hydrogens (tertiary/aromatic N) is 2. The van der Waals surface area contributed by atoms with Crippen LogP contribution in [0.1, 0.15) is 11.1 Å². The molecule has 0 aliphatic carbocycles. The van der Waals surface area contributed by atoms with Crippen LogP contribution < -0.4 is 14.3 Å². The van der Waals surface area contributed by atoms with Crippen LogP contribution in [0.2, 0.25) is 0 Å². The highest BCUT2D eigenvalue weighted by molar-refractivity contribution is 7.16. The summed E-state index contributed by atoms with van der Waals surface area (Å²) in [7, 11) is 1.33. The number of thiazole rings is 1. The molecule has 0 spiro atoms. The van der Waals surface area contributed by atoms with E-state index in [1.54, 1.807) is 22.8 Å². The van der Waals surface area contributed by atoms with Gasteiger partial charge in [-0.3, -0.25) is 9.59 Å². The number of rotatable bonds is 4. The third-order valence-electron chi connectivity index (χ3n) is 4.37. The maximum atomic E-state index is 12.4. The zero-order valence-corrected chi connectivity index (χ0v) is 16.7. The van der Waals surface area contributed by atoms with Gasteiger partial charge in [-0.05, 0) is 48.4 Å². The van der Waals surface area contributed by atoms with Gasteiger partial charge in [0.05, 0.1) is 17.3 Å². The van der Waals surface area contributed by atoms with Gasteiger partial charge >= 0.3 is 5.97 Å². The van der Waals surface area contributed by atoms with Gasteiger partial charge in [0.2, 0.25) is 6.79 Å². The third kappa shape index (κ3) is 4.07. The van der Waals surface area contributed by atoms with Gasteiger partial charge in [0.15, 0.2) is 16.3 Å². The van der Waals surface area contributed by atoms with Gasteiger partial charge in [-0.1, -0.05) is 23.5 Å². The first-order valence-electron chi connectivity index (χ1n) is 8.87. The second kappa shape index (κ2) is 7.92. The summed E-state index contributed by atoms with van der Waals surface area (Å²) < 4.78 is 18.0. The standard InChI is InChI=1S/C21H18N2O5S/c1-13-3-6-15-18(9-13)29-21(23(15)11-20(25)26-2)22-19(24)8-5-14-4-7-16-17(10-14)28-12-27-16/h3-10H,11-12H2,1-2H3/b8-5-,22-21?. The second-order valence-electron chi connectivity index (χ2n) is 6.41. The molecule has 0 bridgehead atoms. The summed E-state index contributed by atoms with van der Waals surface area (Å²) >= 11 is 1.35. The van der Waals surface area contributed by atoms with Crippen molar-refractivity contribution in [2.45, 2.75) is 13.5 Å². The van der Waals surface area contributed by atoms with Gasteiger partial charge in [-0.25, -0.2) is 0 Å². The van der Waals surface area contributed by atoms with E-state index in [1.807, 2.05) is 31.2 Å². The molecule has 0 radical (unpaired) electrons. The summed E-state index contributed by atoms with van der Waals surface area (Å²) in [6.45, 7) is 2.17. The van der Waals surface area contributed by atoms with Crippen molar-refractivity contribution in [3.05, 3.63) is 58.4 Å². The first-order chi connectivity index (χ1) is 14.0. The Kier molecular flexibility index (Phi) is 5.18. The Bertz CT molecular complexity index is 1210. The minimum absolute atomic E-state index is 0.0163. The van der Waals surface area contributed by atoms with Crippen LogP contribution in [-0.4, -0.2) is 30.3 Å². The molecule has 0 unspecified atom stereocenters. The lowest BCUT2D eigenvalue weighted by molar-refractivity contribution is -0.141. The summed E-state index contributed by atoms with van der Waals surface area (Å²) in [5, 5.41) is 0. The molecule has 1 aromatic heterocycles. The van der Waals surface area contributed by atoms with Crippen LogP contribution in [0.4, 0.5) is 0 Å². The van der Waals surface area contributed by atoms with E-state index in [0.717, 1.165) is 21.3 Å². The van der Waals surface area contributed by atoms with Crippen molar-refractivity contribution >= 4 is 39.5 Å². The first kappa shape index (κ1) is 18.9. The van der Waals surface area contributed by atoms with E-state index in [-0.39, 0.29) is 13.3 Å². The Hall–Kier alpha value is -3.39. The summed E-state index contributed by atoms with van der Waals surface area (Å²) in [5.41, 5.74) is 2.72. The minimum Gasteiger partial charge on any atom is -0.468 e. The Morgan fingerprint density at radius 2 is 2.03 bits per heavy atom. The van der Waals surface area contributed by atoms with Crippen molar-refractivity contribution in [2.75, 3.05) is 13.9 Å². The molecule has 8 heteroatoms. The predicted molar refractivity (Wildman–Crippen MR) is 109 cm³/mol. The van der Waals surface area contributed by atoms with Crippen molar-refractivity contribution in [1.82, 2.24) is 4.57 Å². The number of aryl methyl sites for hydroxylation is 1. The topological polar surface area (TPSA) is 79.1 Å². The molecule has 1 amide bonds. The SMILES string of the molecule is COC(=O)Cn1c(=NC(=O)/C=C\c2ccc3c(c2)OCO3)sc2cc(C)ccc21. The summed E-state index contributed by atoms with van der Waals surface area (Å²) in [6, 6.07) is 11.3. The van der Waals surface area contributed by atoms with Crippen molar-refractivity contribution in [3.63, 3.8) is 0 Å². The van der Waals surface area contributed by atoms with E-state index in [4.69, 9.17) is 14.2 Å². The number of hydrogen-bond acceptors (Lipinski definition) is 6. The molecule has 2 heterocycles. The molecule has 1 aliphatic heterocycles. The first-order valence-corrected chi connectivity index (χ1v) is 9.68. The van der Waals surface area contributed by atoms with Crippen LogP contribution in [0.5, 0.6) is 11.5 Å². The number of ether oxygens (including phenoxy) is 3. The lowest BCUT2D eigenvalue weighted by Crippen LogP contribution is -2.22. The van der Waals surface area contributed by atoms with Gasteiger partial charge in [0, 0.05) is 6.08 Å². The Balaban J connectivity index is 1.66. The molecule has 29 heavy (non-hydrogen) atoms. The Morgan fingerprint density at radius 1 is 1.21 bits per heavy atom. The molecule has 0 fully saturated rings. The van der Waals surface area contributed by atoms with E-state index < -0.39 is 11.9 Å². The molecule has 4 rings (SSSR count).